The van der Waals surface area contributed by atoms with Crippen molar-refractivity contribution in [2.75, 3.05) is 0 Å². The van der Waals surface area contributed by atoms with Gasteiger partial charge in [-0.3, -0.25) is 4.79 Å². The van der Waals surface area contributed by atoms with Crippen LogP contribution in [-0.4, -0.2) is 10.8 Å². The van der Waals surface area contributed by atoms with Crippen molar-refractivity contribution in [1.29, 1.82) is 5.26 Å². The van der Waals surface area contributed by atoms with Gasteiger partial charge in [-0.15, -0.1) is 0 Å². The summed E-state index contributed by atoms with van der Waals surface area (Å²) in [6.45, 7) is 7.12. The third-order valence-corrected chi connectivity index (χ3v) is 1.97. The Morgan fingerprint density at radius 2 is 2.31 bits per heavy atom. The van der Waals surface area contributed by atoms with E-state index in [1.54, 1.807) is 31.4 Å². The lowest BCUT2D eigenvalue weighted by atomic mass is 10.1. The Labute approximate surface area is 93.5 Å². The molecular weight excluding hydrogens is 202 g/mol. The number of aliphatic imine (C=N–C) groups is 1. The van der Waals surface area contributed by atoms with Crippen molar-refractivity contribution in [3.8, 4) is 6.07 Å². The van der Waals surface area contributed by atoms with Gasteiger partial charge >= 0.3 is 0 Å². The van der Waals surface area contributed by atoms with E-state index < -0.39 is 0 Å². The molecule has 0 radical (unpaired) electrons. The number of hydrogen-bond donors (Lipinski definition) is 0. The molecular formula is C12H11N3O. The van der Waals surface area contributed by atoms with Crippen LogP contribution in [0.5, 0.6) is 0 Å². The minimum atomic E-state index is -0.151. The Balaban J connectivity index is 3.04. The van der Waals surface area contributed by atoms with E-state index in [1.807, 2.05) is 0 Å². The lowest BCUT2D eigenvalue weighted by Gasteiger charge is -2.01. The average Bonchev–Trinajstić information content (AvgIpc) is 2.29. The molecule has 0 aromatic carbocycles. The average molecular weight is 213 g/mol. The highest BCUT2D eigenvalue weighted by Crippen LogP contribution is 2.04. The Bertz CT molecular complexity index is 558. The van der Waals surface area contributed by atoms with Crippen LogP contribution in [0.2, 0.25) is 0 Å². The quantitative estimate of drug-likeness (QED) is 0.564. The maximum Gasteiger partial charge on any atom is 0.258 e. The van der Waals surface area contributed by atoms with Crippen LogP contribution in [0.1, 0.15) is 5.56 Å². The molecule has 0 saturated heterocycles. The summed E-state index contributed by atoms with van der Waals surface area (Å²) in [6, 6.07) is 5.18. The summed E-state index contributed by atoms with van der Waals surface area (Å²) in [5.74, 6) is 0. The standard InChI is InChI=1S/C12H11N3O/c1-9(8-14-10(2)7-13)11-5-4-6-15(3)12(11)16/h4-6,8H,1-2H2,3H3/b14-8+. The lowest BCUT2D eigenvalue weighted by Crippen LogP contribution is -2.19. The number of allylic oxidation sites excluding steroid dienone is 2. The Morgan fingerprint density at radius 3 is 2.94 bits per heavy atom. The molecule has 0 fully saturated rings. The van der Waals surface area contributed by atoms with Crippen LogP contribution in [0.15, 0.2) is 47.0 Å². The monoisotopic (exact) mass is 213 g/mol. The normalized spacial score (nSPS) is 10.0. The third-order valence-electron chi connectivity index (χ3n) is 1.97. The van der Waals surface area contributed by atoms with E-state index in [-0.39, 0.29) is 11.3 Å². The van der Waals surface area contributed by atoms with Gasteiger partial charge in [-0.05, 0) is 17.7 Å². The molecule has 0 unspecified atom stereocenters. The van der Waals surface area contributed by atoms with Gasteiger partial charge in [0.15, 0.2) is 0 Å². The molecule has 4 heteroatoms. The molecule has 0 saturated carbocycles. The molecule has 16 heavy (non-hydrogen) atoms. The molecule has 1 rings (SSSR count). The number of aromatic nitrogens is 1. The molecule has 0 bridgehead atoms. The van der Waals surface area contributed by atoms with E-state index in [0.29, 0.717) is 11.1 Å². The molecule has 1 aromatic rings. The van der Waals surface area contributed by atoms with Gasteiger partial charge in [-0.1, -0.05) is 13.2 Å². The van der Waals surface area contributed by atoms with Gasteiger partial charge in [-0.2, -0.15) is 5.26 Å². The molecule has 0 aliphatic heterocycles. The van der Waals surface area contributed by atoms with Crippen molar-refractivity contribution in [1.82, 2.24) is 4.57 Å². The summed E-state index contributed by atoms with van der Waals surface area (Å²) in [4.78, 5) is 15.4. The molecule has 4 nitrogen and oxygen atoms in total. The molecule has 0 aliphatic rings. The maximum atomic E-state index is 11.7. The van der Waals surface area contributed by atoms with Gasteiger partial charge in [-0.25, -0.2) is 4.99 Å². The Kier molecular flexibility index (Phi) is 3.57. The van der Waals surface area contributed by atoms with E-state index in [0.717, 1.165) is 0 Å². The first-order valence-corrected chi connectivity index (χ1v) is 4.54. The highest BCUT2D eigenvalue weighted by Gasteiger charge is 2.02. The molecule has 0 spiro atoms. The molecule has 0 atom stereocenters. The highest BCUT2D eigenvalue weighted by atomic mass is 16.1. The van der Waals surface area contributed by atoms with E-state index in [2.05, 4.69) is 18.2 Å². The van der Waals surface area contributed by atoms with E-state index in [4.69, 9.17) is 5.26 Å². The molecule has 0 amide bonds. The van der Waals surface area contributed by atoms with Gasteiger partial charge in [0.05, 0.1) is 0 Å². The van der Waals surface area contributed by atoms with Crippen LogP contribution < -0.4 is 5.56 Å². The number of nitrogens with zero attached hydrogens (tertiary/aromatic N) is 3. The van der Waals surface area contributed by atoms with Gasteiger partial charge in [0.2, 0.25) is 0 Å². The number of aryl methyl sites for hydroxylation is 1. The molecule has 1 heterocycles. The van der Waals surface area contributed by atoms with E-state index in [9.17, 15) is 4.79 Å². The van der Waals surface area contributed by atoms with Crippen molar-refractivity contribution in [2.24, 2.45) is 12.0 Å². The summed E-state index contributed by atoms with van der Waals surface area (Å²) in [5, 5.41) is 8.46. The molecule has 0 aliphatic carbocycles. The van der Waals surface area contributed by atoms with Gasteiger partial charge in [0.1, 0.15) is 11.8 Å². The van der Waals surface area contributed by atoms with Crippen molar-refractivity contribution >= 4 is 11.8 Å². The summed E-state index contributed by atoms with van der Waals surface area (Å²) < 4.78 is 1.45. The van der Waals surface area contributed by atoms with Crippen LogP contribution in [0.4, 0.5) is 0 Å². The van der Waals surface area contributed by atoms with E-state index >= 15 is 0 Å². The second kappa shape index (κ2) is 4.89. The zero-order valence-electron chi connectivity index (χ0n) is 8.97. The van der Waals surface area contributed by atoms with Crippen LogP contribution in [0.3, 0.4) is 0 Å². The molecule has 80 valence electrons. The SMILES string of the molecule is C=C(C#N)/N=C/C(=C)c1cccn(C)c1=O. The smallest absolute Gasteiger partial charge is 0.258 e. The number of nitriles is 1. The van der Waals surface area contributed by atoms with Gasteiger partial charge in [0.25, 0.3) is 5.56 Å². The van der Waals surface area contributed by atoms with E-state index in [1.165, 1.54) is 10.8 Å². The molecule has 0 N–H and O–H groups in total. The summed E-state index contributed by atoms with van der Waals surface area (Å²) in [7, 11) is 1.66. The van der Waals surface area contributed by atoms with Crippen molar-refractivity contribution in [3.05, 3.63) is 53.1 Å². The van der Waals surface area contributed by atoms with Crippen molar-refractivity contribution in [2.45, 2.75) is 0 Å². The Morgan fingerprint density at radius 1 is 1.62 bits per heavy atom. The fraction of sp³-hybridized carbons (Fsp3) is 0.0833. The summed E-state index contributed by atoms with van der Waals surface area (Å²) in [5.41, 5.74) is 0.840. The number of rotatable bonds is 3. The fourth-order valence-electron chi connectivity index (χ4n) is 1.10. The molecule has 1 aromatic heterocycles. The number of hydrogen-bond acceptors (Lipinski definition) is 3. The van der Waals surface area contributed by atoms with Crippen molar-refractivity contribution < 1.29 is 0 Å². The Hall–Kier alpha value is -2.41. The lowest BCUT2D eigenvalue weighted by molar-refractivity contribution is 0.856. The number of pyridine rings is 1. The van der Waals surface area contributed by atoms with Gasteiger partial charge < -0.3 is 4.57 Å². The first-order chi connectivity index (χ1) is 7.56. The zero-order valence-corrected chi connectivity index (χ0v) is 8.97. The highest BCUT2D eigenvalue weighted by molar-refractivity contribution is 6.09. The minimum Gasteiger partial charge on any atom is -0.318 e. The first-order valence-electron chi connectivity index (χ1n) is 4.54. The predicted molar refractivity (Wildman–Crippen MR) is 64.0 cm³/mol. The van der Waals surface area contributed by atoms with Gasteiger partial charge in [0, 0.05) is 25.0 Å². The summed E-state index contributed by atoms with van der Waals surface area (Å²) >= 11 is 0. The van der Waals surface area contributed by atoms with Crippen LogP contribution in [0, 0.1) is 11.3 Å². The fourth-order valence-corrected chi connectivity index (χ4v) is 1.10. The van der Waals surface area contributed by atoms with Crippen LogP contribution >= 0.6 is 0 Å². The summed E-state index contributed by atoms with van der Waals surface area (Å²) in [6.07, 6.45) is 3.02. The maximum absolute atomic E-state index is 11.7. The minimum absolute atomic E-state index is 0.0777. The first kappa shape index (κ1) is 11.7. The topological polar surface area (TPSA) is 58.1 Å². The van der Waals surface area contributed by atoms with Crippen LogP contribution in [0.25, 0.3) is 5.57 Å². The predicted octanol–water partition coefficient (Wildman–Crippen LogP) is 1.51. The second-order valence-electron chi connectivity index (χ2n) is 3.18. The second-order valence-corrected chi connectivity index (χ2v) is 3.18. The van der Waals surface area contributed by atoms with Crippen LogP contribution in [-0.2, 0) is 7.05 Å². The third kappa shape index (κ3) is 2.55. The van der Waals surface area contributed by atoms with Crippen molar-refractivity contribution in [3.63, 3.8) is 0 Å². The largest absolute Gasteiger partial charge is 0.318 e. The zero-order chi connectivity index (χ0) is 12.1.